The average Bonchev–Trinajstić information content (AvgIpc) is 2.40. The maximum Gasteiger partial charge on any atom is 0.0458 e. The molecule has 78 valence electrons. The van der Waals surface area contributed by atoms with Gasteiger partial charge in [-0.25, -0.2) is 0 Å². The van der Waals surface area contributed by atoms with Gasteiger partial charge in [0, 0.05) is 12.1 Å². The molecule has 0 aromatic carbocycles. The number of nitrogens with zero attached hydrogens (tertiary/aromatic N) is 1. The van der Waals surface area contributed by atoms with Crippen molar-refractivity contribution in [2.75, 3.05) is 13.6 Å². The standard InChI is InChI=1S/C13H21N/c1-7-11-9-14(6)13(5,10(3)4)12(11)8-2/h7-8,10H,1-2,9H2,3-6H3. The predicted octanol–water partition coefficient (Wildman–Crippen LogP) is 3.02. The first kappa shape index (κ1) is 11.3. The fourth-order valence-electron chi connectivity index (χ4n) is 2.30. The van der Waals surface area contributed by atoms with Crippen LogP contribution in [0.2, 0.25) is 0 Å². The molecular weight excluding hydrogens is 170 g/mol. The third-order valence-electron chi connectivity index (χ3n) is 3.67. The first-order chi connectivity index (χ1) is 6.48. The van der Waals surface area contributed by atoms with Crippen LogP contribution in [0.15, 0.2) is 36.5 Å². The van der Waals surface area contributed by atoms with E-state index in [0.717, 1.165) is 6.54 Å². The zero-order chi connectivity index (χ0) is 10.9. The molecule has 1 unspecified atom stereocenters. The average molecular weight is 191 g/mol. The second-order valence-corrected chi connectivity index (χ2v) is 4.51. The fraction of sp³-hybridized carbons (Fsp3) is 0.538. The van der Waals surface area contributed by atoms with Gasteiger partial charge in [-0.3, -0.25) is 4.90 Å². The summed E-state index contributed by atoms with van der Waals surface area (Å²) in [6, 6.07) is 0. The lowest BCUT2D eigenvalue weighted by Gasteiger charge is -2.38. The minimum atomic E-state index is 0.116. The summed E-state index contributed by atoms with van der Waals surface area (Å²) in [5.41, 5.74) is 2.77. The second-order valence-electron chi connectivity index (χ2n) is 4.51. The van der Waals surface area contributed by atoms with E-state index < -0.39 is 0 Å². The van der Waals surface area contributed by atoms with Crippen molar-refractivity contribution in [2.45, 2.75) is 26.3 Å². The van der Waals surface area contributed by atoms with Crippen LogP contribution < -0.4 is 0 Å². The topological polar surface area (TPSA) is 3.24 Å². The minimum Gasteiger partial charge on any atom is -0.292 e. The fourth-order valence-corrected chi connectivity index (χ4v) is 2.30. The van der Waals surface area contributed by atoms with Gasteiger partial charge in [-0.1, -0.05) is 39.2 Å². The normalized spacial score (nSPS) is 28.6. The maximum absolute atomic E-state index is 3.92. The third-order valence-corrected chi connectivity index (χ3v) is 3.67. The van der Waals surface area contributed by atoms with Gasteiger partial charge < -0.3 is 0 Å². The highest BCUT2D eigenvalue weighted by atomic mass is 15.2. The number of rotatable bonds is 3. The van der Waals surface area contributed by atoms with Crippen LogP contribution in [-0.4, -0.2) is 24.0 Å². The molecule has 1 aliphatic heterocycles. The van der Waals surface area contributed by atoms with Crippen LogP contribution in [0.3, 0.4) is 0 Å². The molecule has 0 N–H and O–H groups in total. The first-order valence-electron chi connectivity index (χ1n) is 5.18. The largest absolute Gasteiger partial charge is 0.292 e. The molecule has 1 aliphatic rings. The summed E-state index contributed by atoms with van der Waals surface area (Å²) in [5, 5.41) is 0. The van der Waals surface area contributed by atoms with Gasteiger partial charge in [0.1, 0.15) is 0 Å². The summed E-state index contributed by atoms with van der Waals surface area (Å²) in [6.45, 7) is 15.6. The Morgan fingerprint density at radius 2 is 1.93 bits per heavy atom. The predicted molar refractivity (Wildman–Crippen MR) is 63.3 cm³/mol. The number of hydrogen-bond donors (Lipinski definition) is 0. The maximum atomic E-state index is 3.92. The third kappa shape index (κ3) is 1.36. The van der Waals surface area contributed by atoms with Crippen LogP contribution in [0.1, 0.15) is 20.8 Å². The Morgan fingerprint density at radius 1 is 1.36 bits per heavy atom. The molecule has 0 bridgehead atoms. The van der Waals surface area contributed by atoms with Gasteiger partial charge in [0.15, 0.2) is 0 Å². The molecule has 0 aromatic heterocycles. The van der Waals surface area contributed by atoms with E-state index in [1.807, 2.05) is 12.2 Å². The monoisotopic (exact) mass is 191 g/mol. The Labute approximate surface area is 87.8 Å². The summed E-state index contributed by atoms with van der Waals surface area (Å²) in [6.07, 6.45) is 3.95. The lowest BCUT2D eigenvalue weighted by molar-refractivity contribution is 0.159. The van der Waals surface area contributed by atoms with Crippen molar-refractivity contribution in [3.63, 3.8) is 0 Å². The van der Waals surface area contributed by atoms with Crippen molar-refractivity contribution in [1.82, 2.24) is 4.90 Å². The first-order valence-corrected chi connectivity index (χ1v) is 5.18. The Balaban J connectivity index is 3.23. The molecule has 0 amide bonds. The van der Waals surface area contributed by atoms with Crippen LogP contribution in [0.25, 0.3) is 0 Å². The van der Waals surface area contributed by atoms with Crippen molar-refractivity contribution in [3.05, 3.63) is 36.5 Å². The molecule has 1 nitrogen and oxygen atoms in total. The quantitative estimate of drug-likeness (QED) is 0.663. The lowest BCUT2D eigenvalue weighted by atomic mass is 9.81. The van der Waals surface area contributed by atoms with Crippen molar-refractivity contribution in [1.29, 1.82) is 0 Å². The minimum absolute atomic E-state index is 0.116. The molecule has 1 rings (SSSR count). The van der Waals surface area contributed by atoms with E-state index in [0.29, 0.717) is 5.92 Å². The number of hydrogen-bond acceptors (Lipinski definition) is 1. The Kier molecular flexibility index (Phi) is 3.01. The van der Waals surface area contributed by atoms with Crippen LogP contribution in [0.4, 0.5) is 0 Å². The zero-order valence-electron chi connectivity index (χ0n) is 9.80. The Morgan fingerprint density at radius 3 is 2.29 bits per heavy atom. The van der Waals surface area contributed by atoms with Crippen molar-refractivity contribution in [2.24, 2.45) is 5.92 Å². The van der Waals surface area contributed by atoms with Crippen LogP contribution in [0.5, 0.6) is 0 Å². The molecule has 0 aromatic rings. The molecule has 0 saturated carbocycles. The molecule has 14 heavy (non-hydrogen) atoms. The van der Waals surface area contributed by atoms with Gasteiger partial charge in [-0.2, -0.15) is 0 Å². The van der Waals surface area contributed by atoms with E-state index in [-0.39, 0.29) is 5.54 Å². The highest BCUT2D eigenvalue weighted by Crippen LogP contribution is 2.39. The molecule has 0 aliphatic carbocycles. The van der Waals surface area contributed by atoms with Crippen molar-refractivity contribution < 1.29 is 0 Å². The highest BCUT2D eigenvalue weighted by molar-refractivity contribution is 5.45. The van der Waals surface area contributed by atoms with E-state index in [2.05, 4.69) is 45.9 Å². The Hall–Kier alpha value is -0.820. The van der Waals surface area contributed by atoms with Crippen molar-refractivity contribution >= 4 is 0 Å². The van der Waals surface area contributed by atoms with Crippen LogP contribution >= 0.6 is 0 Å². The SMILES string of the molecule is C=CC1=C(C=C)C(C)(C(C)C)N(C)C1. The molecule has 1 atom stereocenters. The summed E-state index contributed by atoms with van der Waals surface area (Å²) in [7, 11) is 2.17. The van der Waals surface area contributed by atoms with Gasteiger partial charge in [0.05, 0.1) is 0 Å². The molecular formula is C13H21N. The summed E-state index contributed by atoms with van der Waals surface area (Å²) in [5.74, 6) is 0.581. The van der Waals surface area contributed by atoms with E-state index in [1.165, 1.54) is 11.1 Å². The molecule has 1 heteroatoms. The molecule has 1 heterocycles. The smallest absolute Gasteiger partial charge is 0.0458 e. The lowest BCUT2D eigenvalue weighted by Crippen LogP contribution is -2.45. The molecule has 0 saturated heterocycles. The van der Waals surface area contributed by atoms with Crippen molar-refractivity contribution in [3.8, 4) is 0 Å². The Bertz CT molecular complexity index is 286. The van der Waals surface area contributed by atoms with E-state index in [9.17, 15) is 0 Å². The molecule has 0 fully saturated rings. The molecule has 0 spiro atoms. The van der Waals surface area contributed by atoms with E-state index in [1.54, 1.807) is 0 Å². The van der Waals surface area contributed by atoms with Gasteiger partial charge in [-0.05, 0) is 31.0 Å². The van der Waals surface area contributed by atoms with Crippen LogP contribution in [-0.2, 0) is 0 Å². The zero-order valence-corrected chi connectivity index (χ0v) is 9.80. The summed E-state index contributed by atoms with van der Waals surface area (Å²) >= 11 is 0. The van der Waals surface area contributed by atoms with E-state index >= 15 is 0 Å². The molecule has 0 radical (unpaired) electrons. The van der Waals surface area contributed by atoms with Gasteiger partial charge in [0.25, 0.3) is 0 Å². The highest BCUT2D eigenvalue weighted by Gasteiger charge is 2.41. The van der Waals surface area contributed by atoms with Crippen LogP contribution in [0, 0.1) is 5.92 Å². The van der Waals surface area contributed by atoms with E-state index in [4.69, 9.17) is 0 Å². The number of likely N-dealkylation sites (N-methyl/N-ethyl adjacent to an activating group) is 1. The second kappa shape index (κ2) is 3.74. The summed E-state index contributed by atoms with van der Waals surface area (Å²) < 4.78 is 0. The van der Waals surface area contributed by atoms with Gasteiger partial charge in [0.2, 0.25) is 0 Å². The van der Waals surface area contributed by atoms with Gasteiger partial charge >= 0.3 is 0 Å². The van der Waals surface area contributed by atoms with Gasteiger partial charge in [-0.15, -0.1) is 0 Å². The summed E-state index contributed by atoms with van der Waals surface area (Å²) in [4.78, 5) is 2.38.